The molecule has 2 unspecified atom stereocenters. The number of hydrogen-bond acceptors (Lipinski definition) is 8. The van der Waals surface area contributed by atoms with E-state index in [1.165, 1.54) is 43.4 Å². The van der Waals surface area contributed by atoms with Gasteiger partial charge in [-0.25, -0.2) is 4.98 Å². The lowest BCUT2D eigenvalue weighted by Crippen LogP contribution is -2.52. The summed E-state index contributed by atoms with van der Waals surface area (Å²) in [6.45, 7) is 3.46. The number of anilines is 3. The number of nitrogens with zero attached hydrogens (tertiary/aromatic N) is 4. The number of aromatic nitrogens is 2. The van der Waals surface area contributed by atoms with Gasteiger partial charge in [-0.05, 0) is 61.4 Å². The van der Waals surface area contributed by atoms with Gasteiger partial charge in [0, 0.05) is 49.5 Å². The van der Waals surface area contributed by atoms with Crippen LogP contribution in [0.3, 0.4) is 0 Å². The van der Waals surface area contributed by atoms with Gasteiger partial charge in [0.15, 0.2) is 0 Å². The van der Waals surface area contributed by atoms with Crippen LogP contribution in [-0.2, 0) is 4.79 Å². The number of carbonyl (C=O) groups excluding carboxylic acids is 2. The Morgan fingerprint density at radius 2 is 1.71 bits per heavy atom. The van der Waals surface area contributed by atoms with Crippen molar-refractivity contribution in [1.29, 1.82) is 0 Å². The largest absolute Gasteiger partial charge is 0.369 e. The van der Waals surface area contributed by atoms with E-state index in [0.29, 0.717) is 27.7 Å². The van der Waals surface area contributed by atoms with E-state index in [2.05, 4.69) is 32.7 Å². The van der Waals surface area contributed by atoms with Crippen LogP contribution in [0, 0.1) is 17.8 Å². The molecule has 4 atom stereocenters. The van der Waals surface area contributed by atoms with Crippen molar-refractivity contribution in [2.75, 3.05) is 36.8 Å². The molecule has 3 aromatic rings. The predicted molar refractivity (Wildman–Crippen MR) is 167 cm³/mol. The fourth-order valence-corrected chi connectivity index (χ4v) is 8.47. The molecule has 3 fully saturated rings. The van der Waals surface area contributed by atoms with Crippen molar-refractivity contribution in [3.05, 3.63) is 52.4 Å². The minimum Gasteiger partial charge on any atom is -0.369 e. The number of benzene rings is 1. The number of amides is 2. The van der Waals surface area contributed by atoms with Crippen molar-refractivity contribution in [2.45, 2.75) is 50.6 Å². The molecule has 0 spiro atoms. The predicted octanol–water partition coefficient (Wildman–Crippen LogP) is 5.27. The Morgan fingerprint density at radius 1 is 0.976 bits per heavy atom. The van der Waals surface area contributed by atoms with Crippen LogP contribution in [0.5, 0.6) is 0 Å². The normalized spacial score (nSPS) is 26.2. The molecule has 9 nitrogen and oxygen atoms in total. The maximum absolute atomic E-state index is 13.2. The number of piperazine rings is 1. The van der Waals surface area contributed by atoms with E-state index in [1.807, 2.05) is 35.2 Å². The molecule has 3 aliphatic carbocycles. The molecule has 220 valence electrons. The molecule has 1 aromatic carbocycles. The lowest BCUT2D eigenvalue weighted by Gasteiger charge is -2.40. The topological polar surface area (TPSA) is 116 Å². The molecule has 2 bridgehead atoms. The van der Waals surface area contributed by atoms with Crippen molar-refractivity contribution in [1.82, 2.24) is 19.8 Å². The third kappa shape index (κ3) is 5.36. The first kappa shape index (κ1) is 27.6. The highest BCUT2D eigenvalue weighted by Crippen LogP contribution is 2.46. The highest BCUT2D eigenvalue weighted by molar-refractivity contribution is 7.23. The van der Waals surface area contributed by atoms with Crippen LogP contribution in [0.4, 0.5) is 17.5 Å². The quantitative estimate of drug-likeness (QED) is 0.314. The second-order valence-electron chi connectivity index (χ2n) is 12.0. The molecular formula is C31H36ClN7O2S. The first-order valence-electron chi connectivity index (χ1n) is 15.0. The van der Waals surface area contributed by atoms with Gasteiger partial charge >= 0.3 is 0 Å². The van der Waals surface area contributed by atoms with E-state index in [1.54, 1.807) is 0 Å². The molecule has 2 amide bonds. The maximum atomic E-state index is 13.2. The molecule has 4 N–H and O–H groups in total. The van der Waals surface area contributed by atoms with E-state index in [0.717, 1.165) is 48.5 Å². The first-order chi connectivity index (χ1) is 20.4. The zero-order chi connectivity index (χ0) is 28.8. The van der Waals surface area contributed by atoms with Crippen LogP contribution < -0.4 is 16.4 Å². The summed E-state index contributed by atoms with van der Waals surface area (Å²) >= 11 is 7.77. The van der Waals surface area contributed by atoms with Crippen LogP contribution in [0.25, 0.3) is 10.2 Å². The van der Waals surface area contributed by atoms with Crippen molar-refractivity contribution >= 4 is 62.4 Å². The summed E-state index contributed by atoms with van der Waals surface area (Å²) in [6.07, 6.45) is 11.8. The monoisotopic (exact) mass is 605 g/mol. The summed E-state index contributed by atoms with van der Waals surface area (Å²) in [6, 6.07) is 9.87. The van der Waals surface area contributed by atoms with Gasteiger partial charge in [-0.15, -0.1) is 11.3 Å². The van der Waals surface area contributed by atoms with Gasteiger partial charge in [0.1, 0.15) is 5.82 Å². The second-order valence-corrected chi connectivity index (χ2v) is 13.7. The Morgan fingerprint density at radius 3 is 2.45 bits per heavy atom. The van der Waals surface area contributed by atoms with Gasteiger partial charge in [-0.3, -0.25) is 14.5 Å². The fraction of sp³-hybridized carbons (Fsp3) is 0.484. The summed E-state index contributed by atoms with van der Waals surface area (Å²) in [4.78, 5) is 39.6. The van der Waals surface area contributed by atoms with Gasteiger partial charge in [-0.1, -0.05) is 43.0 Å². The SMILES string of the molecule is NC(=O)[C@H]1C2C=CC(C2)[C@@H]1Nc1nc(Nc2ccc(C(=O)N3CCN(C4CCCCC4)CC3)cc2)nc2cc(Cl)sc12. The van der Waals surface area contributed by atoms with Crippen LogP contribution in [-0.4, -0.2) is 69.8 Å². The molecule has 4 aliphatic rings. The average molecular weight is 606 g/mol. The standard InChI is InChI=1S/C31H36ClN7O2S/c32-24-17-23-27(42-24)29(36-26-20-7-6-19(16-20)25(26)28(33)40)37-31(35-23)34-21-10-8-18(9-11-21)30(41)39-14-12-38(13-15-39)22-4-2-1-3-5-22/h6-11,17,19-20,22,25-26H,1-5,12-16H2,(H2,33,40)(H2,34,35,36,37)/t19?,20?,25-,26-/m0/s1. The zero-order valence-corrected chi connectivity index (χ0v) is 25.0. The minimum atomic E-state index is -0.294. The van der Waals surface area contributed by atoms with Gasteiger partial charge in [0.25, 0.3) is 5.91 Å². The summed E-state index contributed by atoms with van der Waals surface area (Å²) in [5, 5.41) is 6.81. The van der Waals surface area contributed by atoms with E-state index in [4.69, 9.17) is 22.3 Å². The molecule has 42 heavy (non-hydrogen) atoms. The Labute approximate surface area is 254 Å². The van der Waals surface area contributed by atoms with Crippen LogP contribution in [0.2, 0.25) is 4.34 Å². The van der Waals surface area contributed by atoms with Gasteiger partial charge in [0.05, 0.1) is 20.5 Å². The number of nitrogens with two attached hydrogens (primary N) is 1. The lowest BCUT2D eigenvalue weighted by atomic mass is 9.88. The second kappa shape index (κ2) is 11.5. The van der Waals surface area contributed by atoms with Crippen molar-refractivity contribution in [3.8, 4) is 0 Å². The van der Waals surface area contributed by atoms with Gasteiger partial charge in [0.2, 0.25) is 11.9 Å². The number of thiophene rings is 1. The van der Waals surface area contributed by atoms with Crippen LogP contribution >= 0.6 is 22.9 Å². The Balaban J connectivity index is 1.04. The van der Waals surface area contributed by atoms with Crippen LogP contribution in [0.1, 0.15) is 48.9 Å². The number of fused-ring (bicyclic) bond motifs is 3. The molecule has 2 aromatic heterocycles. The summed E-state index contributed by atoms with van der Waals surface area (Å²) in [5.41, 5.74) is 7.96. The maximum Gasteiger partial charge on any atom is 0.253 e. The highest BCUT2D eigenvalue weighted by Gasteiger charge is 2.47. The number of hydrogen-bond donors (Lipinski definition) is 3. The molecule has 1 aliphatic heterocycles. The molecular weight excluding hydrogens is 570 g/mol. The number of carbonyl (C=O) groups is 2. The van der Waals surface area contributed by atoms with Crippen molar-refractivity contribution in [2.24, 2.45) is 23.5 Å². The van der Waals surface area contributed by atoms with Crippen molar-refractivity contribution in [3.63, 3.8) is 0 Å². The number of nitrogens with one attached hydrogen (secondary N) is 2. The van der Waals surface area contributed by atoms with E-state index < -0.39 is 0 Å². The summed E-state index contributed by atoms with van der Waals surface area (Å²) < 4.78 is 1.45. The molecule has 2 saturated carbocycles. The third-order valence-corrected chi connectivity index (χ3v) is 10.8. The number of primary amides is 1. The number of allylic oxidation sites excluding steroid dienone is 1. The Bertz CT molecular complexity index is 1510. The highest BCUT2D eigenvalue weighted by atomic mass is 35.5. The molecule has 7 rings (SSSR count). The van der Waals surface area contributed by atoms with Gasteiger partial charge in [-0.2, -0.15) is 4.98 Å². The fourth-order valence-electron chi connectivity index (χ4n) is 7.36. The van der Waals surface area contributed by atoms with Crippen molar-refractivity contribution < 1.29 is 9.59 Å². The minimum absolute atomic E-state index is 0.0748. The first-order valence-corrected chi connectivity index (χ1v) is 16.2. The smallest absolute Gasteiger partial charge is 0.253 e. The Hall–Kier alpha value is -3.21. The van der Waals surface area contributed by atoms with E-state index >= 15 is 0 Å². The van der Waals surface area contributed by atoms with Crippen LogP contribution in [0.15, 0.2) is 42.5 Å². The number of halogens is 1. The third-order valence-electron chi connectivity index (χ3n) is 9.51. The summed E-state index contributed by atoms with van der Waals surface area (Å²) in [7, 11) is 0. The lowest BCUT2D eigenvalue weighted by molar-refractivity contribution is -0.122. The Kier molecular flexibility index (Phi) is 7.54. The number of rotatable bonds is 7. The molecule has 1 saturated heterocycles. The summed E-state index contributed by atoms with van der Waals surface area (Å²) in [5.74, 6) is 0.932. The van der Waals surface area contributed by atoms with E-state index in [-0.39, 0.29) is 35.6 Å². The molecule has 3 heterocycles. The molecule has 11 heteroatoms. The van der Waals surface area contributed by atoms with E-state index in [9.17, 15) is 9.59 Å². The average Bonchev–Trinajstić information content (AvgIpc) is 3.72. The zero-order valence-electron chi connectivity index (χ0n) is 23.5. The van der Waals surface area contributed by atoms with Gasteiger partial charge < -0.3 is 21.3 Å². The molecule has 0 radical (unpaired) electrons.